The van der Waals surface area contributed by atoms with Crippen molar-refractivity contribution >= 4 is 0 Å². The van der Waals surface area contributed by atoms with Crippen molar-refractivity contribution in [2.75, 3.05) is 0 Å². The highest BCUT2D eigenvalue weighted by Gasteiger charge is 2.27. The quantitative estimate of drug-likeness (QED) is 0.874. The lowest BCUT2D eigenvalue weighted by Crippen LogP contribution is -2.33. The van der Waals surface area contributed by atoms with Crippen LogP contribution in [0.2, 0.25) is 0 Å². The van der Waals surface area contributed by atoms with Crippen LogP contribution in [-0.2, 0) is 5.54 Å². The molecule has 1 aliphatic carbocycles. The Balaban J connectivity index is 2.19. The number of nitrogens with zero attached hydrogens (tertiary/aromatic N) is 2. The van der Waals surface area contributed by atoms with E-state index >= 15 is 0 Å². The van der Waals surface area contributed by atoms with E-state index in [-0.39, 0.29) is 5.54 Å². The van der Waals surface area contributed by atoms with Crippen molar-refractivity contribution in [3.8, 4) is 0 Å². The number of nitrogens with two attached hydrogens (primary N) is 1. The van der Waals surface area contributed by atoms with Crippen molar-refractivity contribution in [2.24, 2.45) is 11.7 Å². The molecular weight excluding hydrogens is 210 g/mol. The molecule has 2 unspecified atom stereocenters. The Morgan fingerprint density at radius 3 is 2.88 bits per heavy atom. The standard InChI is InChI=1S/C14H25N3/c1-4-11-6-5-7-12(8-11)17-10-16-9-13(17)14(2,3)15/h9-12H,4-8,15H2,1-3H3. The minimum Gasteiger partial charge on any atom is -0.330 e. The van der Waals surface area contributed by atoms with Crippen LogP contribution in [0, 0.1) is 5.92 Å². The Morgan fingerprint density at radius 1 is 1.47 bits per heavy atom. The molecule has 1 heterocycles. The van der Waals surface area contributed by atoms with Gasteiger partial charge in [0.05, 0.1) is 17.6 Å². The van der Waals surface area contributed by atoms with Gasteiger partial charge in [0, 0.05) is 12.2 Å². The first-order chi connectivity index (χ1) is 8.02. The summed E-state index contributed by atoms with van der Waals surface area (Å²) in [7, 11) is 0. The zero-order valence-electron chi connectivity index (χ0n) is 11.3. The van der Waals surface area contributed by atoms with Crippen LogP contribution >= 0.6 is 0 Å². The van der Waals surface area contributed by atoms with Gasteiger partial charge in [-0.2, -0.15) is 0 Å². The predicted molar refractivity (Wildman–Crippen MR) is 70.7 cm³/mol. The third-order valence-electron chi connectivity index (χ3n) is 4.05. The van der Waals surface area contributed by atoms with Crippen molar-refractivity contribution in [2.45, 2.75) is 64.5 Å². The van der Waals surface area contributed by atoms with E-state index in [1.54, 1.807) is 0 Å². The molecule has 2 N–H and O–H groups in total. The average molecular weight is 235 g/mol. The predicted octanol–water partition coefficient (Wildman–Crippen LogP) is 3.22. The summed E-state index contributed by atoms with van der Waals surface area (Å²) in [6.07, 6.45) is 10.5. The fourth-order valence-corrected chi connectivity index (χ4v) is 2.98. The SMILES string of the molecule is CCC1CCCC(n2cncc2C(C)(C)N)C1. The molecule has 0 radical (unpaired) electrons. The number of rotatable bonds is 3. The third-order valence-corrected chi connectivity index (χ3v) is 4.05. The topological polar surface area (TPSA) is 43.8 Å². The zero-order valence-corrected chi connectivity index (χ0v) is 11.3. The molecule has 0 bridgehead atoms. The molecule has 96 valence electrons. The van der Waals surface area contributed by atoms with Crippen LogP contribution in [-0.4, -0.2) is 9.55 Å². The van der Waals surface area contributed by atoms with Gasteiger partial charge in [-0.05, 0) is 32.6 Å². The van der Waals surface area contributed by atoms with E-state index in [2.05, 4.69) is 30.3 Å². The molecule has 0 saturated heterocycles. The molecule has 17 heavy (non-hydrogen) atoms. The molecule has 0 spiro atoms. The van der Waals surface area contributed by atoms with Gasteiger partial charge in [0.1, 0.15) is 0 Å². The Kier molecular flexibility index (Phi) is 3.57. The summed E-state index contributed by atoms with van der Waals surface area (Å²) in [5.41, 5.74) is 7.09. The molecule has 0 aliphatic heterocycles. The summed E-state index contributed by atoms with van der Waals surface area (Å²) in [5, 5.41) is 0. The van der Waals surface area contributed by atoms with E-state index in [1.807, 2.05) is 12.5 Å². The normalized spacial score (nSPS) is 26.1. The van der Waals surface area contributed by atoms with Crippen molar-refractivity contribution in [1.82, 2.24) is 9.55 Å². The maximum atomic E-state index is 6.22. The zero-order chi connectivity index (χ0) is 12.5. The van der Waals surface area contributed by atoms with Crippen molar-refractivity contribution < 1.29 is 0 Å². The molecule has 2 rings (SSSR count). The van der Waals surface area contributed by atoms with Crippen LogP contribution in [0.1, 0.15) is 64.6 Å². The van der Waals surface area contributed by atoms with Crippen molar-refractivity contribution in [3.05, 3.63) is 18.2 Å². The average Bonchev–Trinajstić information content (AvgIpc) is 2.77. The van der Waals surface area contributed by atoms with E-state index in [0.717, 1.165) is 5.92 Å². The molecular formula is C14H25N3. The van der Waals surface area contributed by atoms with E-state index in [9.17, 15) is 0 Å². The first-order valence-electron chi connectivity index (χ1n) is 6.83. The molecule has 3 nitrogen and oxygen atoms in total. The van der Waals surface area contributed by atoms with Crippen molar-refractivity contribution in [1.29, 1.82) is 0 Å². The third kappa shape index (κ3) is 2.71. The van der Waals surface area contributed by atoms with Crippen LogP contribution in [0.5, 0.6) is 0 Å². The molecule has 1 saturated carbocycles. The van der Waals surface area contributed by atoms with Gasteiger partial charge in [0.25, 0.3) is 0 Å². The number of imidazole rings is 1. The molecule has 0 aromatic carbocycles. The highest BCUT2D eigenvalue weighted by molar-refractivity contribution is 5.11. The molecule has 1 aromatic heterocycles. The van der Waals surface area contributed by atoms with Crippen molar-refractivity contribution in [3.63, 3.8) is 0 Å². The Labute approximate surface area is 104 Å². The summed E-state index contributed by atoms with van der Waals surface area (Å²) in [4.78, 5) is 4.30. The monoisotopic (exact) mass is 235 g/mol. The second kappa shape index (κ2) is 4.81. The fraction of sp³-hybridized carbons (Fsp3) is 0.786. The molecule has 1 aliphatic rings. The van der Waals surface area contributed by atoms with Crippen LogP contribution < -0.4 is 5.73 Å². The second-order valence-corrected chi connectivity index (χ2v) is 6.00. The van der Waals surface area contributed by atoms with Gasteiger partial charge < -0.3 is 10.3 Å². The maximum absolute atomic E-state index is 6.22. The number of aromatic nitrogens is 2. The summed E-state index contributed by atoms with van der Waals surface area (Å²) in [5.74, 6) is 0.880. The maximum Gasteiger partial charge on any atom is 0.0951 e. The first kappa shape index (κ1) is 12.6. The smallest absolute Gasteiger partial charge is 0.0951 e. The minimum atomic E-state index is -0.296. The lowest BCUT2D eigenvalue weighted by atomic mass is 9.83. The van der Waals surface area contributed by atoms with Crippen LogP contribution in [0.25, 0.3) is 0 Å². The van der Waals surface area contributed by atoms with Gasteiger partial charge in [-0.15, -0.1) is 0 Å². The van der Waals surface area contributed by atoms with E-state index in [4.69, 9.17) is 5.73 Å². The summed E-state index contributed by atoms with van der Waals surface area (Å²) >= 11 is 0. The lowest BCUT2D eigenvalue weighted by molar-refractivity contribution is 0.252. The second-order valence-electron chi connectivity index (χ2n) is 6.00. The van der Waals surface area contributed by atoms with Crippen LogP contribution in [0.3, 0.4) is 0 Å². The Bertz CT molecular complexity index is 362. The van der Waals surface area contributed by atoms with Crippen LogP contribution in [0.4, 0.5) is 0 Å². The molecule has 3 heteroatoms. The van der Waals surface area contributed by atoms with Crippen LogP contribution in [0.15, 0.2) is 12.5 Å². The van der Waals surface area contributed by atoms with Gasteiger partial charge in [0.2, 0.25) is 0 Å². The summed E-state index contributed by atoms with van der Waals surface area (Å²) in [6, 6.07) is 0.606. The van der Waals surface area contributed by atoms with Gasteiger partial charge in [0.15, 0.2) is 0 Å². The molecule has 2 atom stereocenters. The fourth-order valence-electron chi connectivity index (χ4n) is 2.98. The number of hydrogen-bond donors (Lipinski definition) is 1. The van der Waals surface area contributed by atoms with Gasteiger partial charge in [-0.1, -0.05) is 26.2 Å². The van der Waals surface area contributed by atoms with E-state index in [0.29, 0.717) is 6.04 Å². The Morgan fingerprint density at radius 2 is 2.24 bits per heavy atom. The largest absolute Gasteiger partial charge is 0.330 e. The molecule has 1 fully saturated rings. The molecule has 0 amide bonds. The highest BCUT2D eigenvalue weighted by Crippen LogP contribution is 2.35. The first-order valence-corrected chi connectivity index (χ1v) is 6.83. The van der Waals surface area contributed by atoms with Gasteiger partial charge >= 0.3 is 0 Å². The minimum absolute atomic E-state index is 0.296. The number of hydrogen-bond acceptors (Lipinski definition) is 2. The van der Waals surface area contributed by atoms with E-state index in [1.165, 1.54) is 37.8 Å². The highest BCUT2D eigenvalue weighted by atomic mass is 15.1. The van der Waals surface area contributed by atoms with E-state index < -0.39 is 0 Å². The van der Waals surface area contributed by atoms with Gasteiger partial charge in [-0.3, -0.25) is 0 Å². The summed E-state index contributed by atoms with van der Waals surface area (Å²) in [6.45, 7) is 6.41. The summed E-state index contributed by atoms with van der Waals surface area (Å²) < 4.78 is 2.32. The Hall–Kier alpha value is -0.830. The lowest BCUT2D eigenvalue weighted by Gasteiger charge is -2.32. The van der Waals surface area contributed by atoms with Gasteiger partial charge in [-0.25, -0.2) is 4.98 Å². The molecule has 1 aromatic rings.